The van der Waals surface area contributed by atoms with Crippen LogP contribution in [0.1, 0.15) is 16.2 Å². The molecule has 0 unspecified atom stereocenters. The van der Waals surface area contributed by atoms with Crippen LogP contribution in [0.15, 0.2) is 27.7 Å². The number of aromatic amines is 1. The Morgan fingerprint density at radius 3 is 3.00 bits per heavy atom. The average Bonchev–Trinajstić information content (AvgIpc) is 3.06. The fraction of sp³-hybridized carbons (Fsp3) is 0.154. The molecule has 0 fully saturated rings. The smallest absolute Gasteiger partial charge is 0.268 e. The quantitative estimate of drug-likeness (QED) is 0.649. The first-order valence-electron chi connectivity index (χ1n) is 6.00. The summed E-state index contributed by atoms with van der Waals surface area (Å²) in [6.07, 6.45) is 0. The van der Waals surface area contributed by atoms with Crippen LogP contribution in [0.5, 0.6) is 0 Å². The molecule has 0 aliphatic heterocycles. The first-order valence-corrected chi connectivity index (χ1v) is 8.84. The lowest BCUT2D eigenvalue weighted by Crippen LogP contribution is -2.27. The number of halogens is 1. The fourth-order valence-corrected chi connectivity index (χ4v) is 3.98. The van der Waals surface area contributed by atoms with Crippen molar-refractivity contribution in [3.63, 3.8) is 0 Å². The number of aromatic nitrogens is 2. The maximum atomic E-state index is 12.3. The highest BCUT2D eigenvalue weighted by molar-refractivity contribution is 14.1. The summed E-state index contributed by atoms with van der Waals surface area (Å²) in [4.78, 5) is 32.8. The lowest BCUT2D eigenvalue weighted by atomic mass is 10.3. The van der Waals surface area contributed by atoms with Gasteiger partial charge in [-0.1, -0.05) is 0 Å². The first kappa shape index (κ1) is 14.7. The van der Waals surface area contributed by atoms with Crippen LogP contribution in [-0.2, 0) is 6.54 Å². The van der Waals surface area contributed by atoms with Gasteiger partial charge in [0.25, 0.3) is 11.5 Å². The minimum atomic E-state index is -0.157. The van der Waals surface area contributed by atoms with E-state index in [-0.39, 0.29) is 18.0 Å². The summed E-state index contributed by atoms with van der Waals surface area (Å²) in [5.41, 5.74) is 1.17. The molecular weight excluding hydrogens is 421 g/mol. The summed E-state index contributed by atoms with van der Waals surface area (Å²) in [7, 11) is 1.70. The van der Waals surface area contributed by atoms with E-state index in [4.69, 9.17) is 0 Å². The van der Waals surface area contributed by atoms with Crippen molar-refractivity contribution in [3.8, 4) is 0 Å². The third-order valence-electron chi connectivity index (χ3n) is 2.91. The molecule has 0 aliphatic carbocycles. The second-order valence-electron chi connectivity index (χ2n) is 4.45. The van der Waals surface area contributed by atoms with E-state index < -0.39 is 0 Å². The maximum absolute atomic E-state index is 12.3. The number of rotatable bonds is 3. The predicted octanol–water partition coefficient (Wildman–Crippen LogP) is 2.92. The molecule has 21 heavy (non-hydrogen) atoms. The zero-order valence-electron chi connectivity index (χ0n) is 10.9. The Morgan fingerprint density at radius 2 is 2.29 bits per heavy atom. The SMILES string of the molecule is CN(Cc1nc2ccsc2c(=O)[nH]1)C(=O)c1csc(I)c1. The normalized spacial score (nSPS) is 11.0. The van der Waals surface area contributed by atoms with E-state index in [1.807, 2.05) is 22.9 Å². The summed E-state index contributed by atoms with van der Waals surface area (Å²) >= 11 is 5.07. The van der Waals surface area contributed by atoms with E-state index in [0.29, 0.717) is 21.6 Å². The number of H-pyrrole nitrogens is 1. The summed E-state index contributed by atoms with van der Waals surface area (Å²) < 4.78 is 1.68. The van der Waals surface area contributed by atoms with Crippen LogP contribution in [0.2, 0.25) is 0 Å². The van der Waals surface area contributed by atoms with E-state index in [1.54, 1.807) is 11.9 Å². The van der Waals surface area contributed by atoms with E-state index in [0.717, 1.165) is 2.88 Å². The lowest BCUT2D eigenvalue weighted by molar-refractivity contribution is 0.0782. The molecule has 8 heteroatoms. The minimum absolute atomic E-state index is 0.0813. The molecule has 0 radical (unpaired) electrons. The molecule has 0 aromatic carbocycles. The van der Waals surface area contributed by atoms with Crippen LogP contribution in [0.3, 0.4) is 0 Å². The Labute approximate surface area is 141 Å². The van der Waals surface area contributed by atoms with Gasteiger partial charge in [0.05, 0.1) is 20.5 Å². The highest BCUT2D eigenvalue weighted by Gasteiger charge is 2.15. The van der Waals surface area contributed by atoms with Crippen molar-refractivity contribution < 1.29 is 4.79 Å². The third-order valence-corrected chi connectivity index (χ3v) is 5.60. The van der Waals surface area contributed by atoms with Gasteiger partial charge in [-0.2, -0.15) is 0 Å². The van der Waals surface area contributed by atoms with Crippen molar-refractivity contribution in [2.75, 3.05) is 7.05 Å². The number of carbonyl (C=O) groups is 1. The number of carbonyl (C=O) groups excluding carboxylic acids is 1. The molecular formula is C13H10IN3O2S2. The van der Waals surface area contributed by atoms with Crippen LogP contribution >= 0.6 is 45.3 Å². The van der Waals surface area contributed by atoms with Gasteiger partial charge in [0, 0.05) is 12.4 Å². The topological polar surface area (TPSA) is 66.1 Å². The molecule has 3 aromatic heterocycles. The monoisotopic (exact) mass is 431 g/mol. The van der Waals surface area contributed by atoms with Crippen molar-refractivity contribution >= 4 is 61.4 Å². The predicted molar refractivity (Wildman–Crippen MR) is 93.1 cm³/mol. The molecule has 1 amide bonds. The standard InChI is InChI=1S/C13H10IN3O2S2/c1-17(13(19)7-4-9(14)21-6-7)5-10-15-8-2-3-20-11(8)12(18)16-10/h2-4,6H,5H2,1H3,(H,15,16,18). The summed E-state index contributed by atoms with van der Waals surface area (Å²) in [5.74, 6) is 0.411. The molecule has 5 nitrogen and oxygen atoms in total. The molecule has 3 heterocycles. The molecule has 0 saturated heterocycles. The van der Waals surface area contributed by atoms with Crippen LogP contribution in [0, 0.1) is 2.88 Å². The molecule has 3 rings (SSSR count). The Hall–Kier alpha value is -1.26. The van der Waals surface area contributed by atoms with Crippen LogP contribution in [0.25, 0.3) is 10.2 Å². The van der Waals surface area contributed by atoms with Crippen LogP contribution in [-0.4, -0.2) is 27.8 Å². The molecule has 0 aliphatic rings. The van der Waals surface area contributed by atoms with Crippen molar-refractivity contribution in [2.24, 2.45) is 0 Å². The van der Waals surface area contributed by atoms with Crippen LogP contribution < -0.4 is 5.56 Å². The van der Waals surface area contributed by atoms with Gasteiger partial charge >= 0.3 is 0 Å². The number of thiophene rings is 2. The third kappa shape index (κ3) is 3.01. The zero-order chi connectivity index (χ0) is 15.0. The van der Waals surface area contributed by atoms with E-state index in [1.165, 1.54) is 22.7 Å². The Morgan fingerprint density at radius 1 is 1.48 bits per heavy atom. The Kier molecular flexibility index (Phi) is 4.09. The minimum Gasteiger partial charge on any atom is -0.334 e. The molecule has 0 bridgehead atoms. The second kappa shape index (κ2) is 5.85. The number of nitrogens with one attached hydrogen (secondary N) is 1. The lowest BCUT2D eigenvalue weighted by Gasteiger charge is -2.15. The summed E-state index contributed by atoms with van der Waals surface area (Å²) in [6.45, 7) is 0.270. The van der Waals surface area contributed by atoms with Gasteiger partial charge in [0.2, 0.25) is 0 Å². The average molecular weight is 431 g/mol. The zero-order valence-corrected chi connectivity index (χ0v) is 14.7. The van der Waals surface area contributed by atoms with Gasteiger partial charge in [-0.25, -0.2) is 4.98 Å². The second-order valence-corrected chi connectivity index (χ2v) is 8.17. The molecule has 0 atom stereocenters. The van der Waals surface area contributed by atoms with Crippen molar-refractivity contribution in [3.05, 3.63) is 47.5 Å². The van der Waals surface area contributed by atoms with Crippen molar-refractivity contribution in [2.45, 2.75) is 6.54 Å². The first-order chi connectivity index (χ1) is 10.0. The molecule has 108 valence electrons. The number of fused-ring (bicyclic) bond motifs is 1. The Bertz CT molecular complexity index is 868. The van der Waals surface area contributed by atoms with E-state index >= 15 is 0 Å². The largest absolute Gasteiger partial charge is 0.334 e. The number of amides is 1. The molecule has 1 N–H and O–H groups in total. The van der Waals surface area contributed by atoms with Gasteiger partial charge < -0.3 is 9.88 Å². The molecule has 0 saturated carbocycles. The van der Waals surface area contributed by atoms with E-state index in [9.17, 15) is 9.59 Å². The van der Waals surface area contributed by atoms with Gasteiger partial charge in [-0.05, 0) is 40.1 Å². The van der Waals surface area contributed by atoms with Gasteiger partial charge in [-0.15, -0.1) is 22.7 Å². The Balaban J connectivity index is 1.84. The highest BCUT2D eigenvalue weighted by atomic mass is 127. The number of hydrogen-bond donors (Lipinski definition) is 1. The fourth-order valence-electron chi connectivity index (χ4n) is 1.94. The molecule has 0 spiro atoms. The maximum Gasteiger partial charge on any atom is 0.268 e. The summed E-state index contributed by atoms with van der Waals surface area (Å²) in [6, 6.07) is 3.66. The molecule has 3 aromatic rings. The van der Waals surface area contributed by atoms with Crippen LogP contribution in [0.4, 0.5) is 0 Å². The number of hydrogen-bond acceptors (Lipinski definition) is 5. The van der Waals surface area contributed by atoms with Gasteiger partial charge in [-0.3, -0.25) is 9.59 Å². The van der Waals surface area contributed by atoms with Crippen molar-refractivity contribution in [1.29, 1.82) is 0 Å². The van der Waals surface area contributed by atoms with E-state index in [2.05, 4.69) is 32.6 Å². The number of nitrogens with zero attached hydrogens (tertiary/aromatic N) is 2. The summed E-state index contributed by atoms with van der Waals surface area (Å²) in [5, 5.41) is 3.66. The van der Waals surface area contributed by atoms with Crippen molar-refractivity contribution in [1.82, 2.24) is 14.9 Å². The van der Waals surface area contributed by atoms with Gasteiger partial charge in [0.1, 0.15) is 10.5 Å². The van der Waals surface area contributed by atoms with Gasteiger partial charge in [0.15, 0.2) is 0 Å². The highest BCUT2D eigenvalue weighted by Crippen LogP contribution is 2.18.